The van der Waals surface area contributed by atoms with E-state index in [0.29, 0.717) is 11.3 Å². The van der Waals surface area contributed by atoms with Crippen LogP contribution in [0.5, 0.6) is 5.75 Å². The third-order valence-electron chi connectivity index (χ3n) is 5.86. The van der Waals surface area contributed by atoms with E-state index < -0.39 is 0 Å². The number of unbranched alkanes of at least 4 members (excludes halogenated alkanes) is 3. The van der Waals surface area contributed by atoms with E-state index in [0.717, 1.165) is 50.4 Å². The van der Waals surface area contributed by atoms with Crippen LogP contribution in [0.3, 0.4) is 0 Å². The van der Waals surface area contributed by atoms with Crippen molar-refractivity contribution in [3.05, 3.63) is 54.1 Å². The molecule has 0 aromatic heterocycles. The van der Waals surface area contributed by atoms with Crippen molar-refractivity contribution >= 4 is 23.2 Å². The fourth-order valence-electron chi connectivity index (χ4n) is 3.96. The van der Waals surface area contributed by atoms with E-state index in [1.807, 2.05) is 47.4 Å². The lowest BCUT2D eigenvalue weighted by molar-refractivity contribution is -0.114. The zero-order valence-corrected chi connectivity index (χ0v) is 19.8. The summed E-state index contributed by atoms with van der Waals surface area (Å²) in [5, 5.41) is 6.01. The van der Waals surface area contributed by atoms with E-state index in [-0.39, 0.29) is 18.4 Å². The van der Waals surface area contributed by atoms with E-state index in [1.165, 1.54) is 32.1 Å². The minimum absolute atomic E-state index is 0.0406. The fourth-order valence-corrected chi connectivity index (χ4v) is 3.96. The molecular weight excluding hydrogens is 414 g/mol. The van der Waals surface area contributed by atoms with Crippen LogP contribution in [0.2, 0.25) is 0 Å². The monoisotopic (exact) mass is 451 g/mol. The van der Waals surface area contributed by atoms with Gasteiger partial charge >= 0.3 is 0 Å². The van der Waals surface area contributed by atoms with Gasteiger partial charge in [0.1, 0.15) is 5.75 Å². The average Bonchev–Trinajstić information content (AvgIpc) is 3.13. The van der Waals surface area contributed by atoms with E-state index in [2.05, 4.69) is 17.6 Å². The highest BCUT2D eigenvalue weighted by atomic mass is 16.5. The lowest BCUT2D eigenvalue weighted by Gasteiger charge is -2.20. The third-order valence-corrected chi connectivity index (χ3v) is 5.86. The summed E-state index contributed by atoms with van der Waals surface area (Å²) in [5.41, 5.74) is 2.11. The molecule has 0 aliphatic carbocycles. The molecule has 6 nitrogen and oxygen atoms in total. The second-order valence-electron chi connectivity index (χ2n) is 8.62. The van der Waals surface area contributed by atoms with Gasteiger partial charge in [0.2, 0.25) is 5.91 Å². The zero-order valence-electron chi connectivity index (χ0n) is 19.8. The largest absolute Gasteiger partial charge is 0.494 e. The standard InChI is InChI=1S/C27H37N3O3/c1-2-3-4-9-19-33-25-15-13-23(14-16-25)28-21-26(31)29-24-12-10-11-22(20-24)27(32)30-17-7-5-6-8-18-30/h10-16,20,28H,2-9,17-19,21H2,1H3,(H,29,31). The van der Waals surface area contributed by atoms with Crippen molar-refractivity contribution in [2.45, 2.75) is 58.3 Å². The Kier molecular flexibility index (Phi) is 10.1. The number of amides is 2. The van der Waals surface area contributed by atoms with Crippen LogP contribution in [-0.4, -0.2) is 43.0 Å². The van der Waals surface area contributed by atoms with Gasteiger partial charge in [0, 0.05) is 30.0 Å². The van der Waals surface area contributed by atoms with Crippen molar-refractivity contribution in [1.82, 2.24) is 4.90 Å². The number of likely N-dealkylation sites (tertiary alicyclic amines) is 1. The summed E-state index contributed by atoms with van der Waals surface area (Å²) in [6.45, 7) is 4.68. The molecule has 0 saturated carbocycles. The van der Waals surface area contributed by atoms with Crippen molar-refractivity contribution in [1.29, 1.82) is 0 Å². The highest BCUT2D eigenvalue weighted by molar-refractivity contribution is 5.98. The molecule has 1 aliphatic rings. The van der Waals surface area contributed by atoms with Gasteiger partial charge in [-0.1, -0.05) is 45.1 Å². The molecule has 2 amide bonds. The number of benzene rings is 2. The maximum atomic E-state index is 12.8. The molecule has 1 heterocycles. The summed E-state index contributed by atoms with van der Waals surface area (Å²) in [6.07, 6.45) is 9.20. The molecule has 33 heavy (non-hydrogen) atoms. The zero-order chi connectivity index (χ0) is 23.3. The number of carbonyl (C=O) groups excluding carboxylic acids is 2. The quantitative estimate of drug-likeness (QED) is 0.429. The van der Waals surface area contributed by atoms with Gasteiger partial charge in [0.05, 0.1) is 13.2 Å². The van der Waals surface area contributed by atoms with Crippen LogP contribution in [0.25, 0.3) is 0 Å². The molecule has 2 aromatic rings. The van der Waals surface area contributed by atoms with E-state index in [9.17, 15) is 9.59 Å². The van der Waals surface area contributed by atoms with Crippen LogP contribution in [0.4, 0.5) is 11.4 Å². The summed E-state index contributed by atoms with van der Waals surface area (Å²) in [5.74, 6) is 0.719. The molecule has 0 radical (unpaired) electrons. The third kappa shape index (κ3) is 8.44. The van der Waals surface area contributed by atoms with Gasteiger partial charge in [0.25, 0.3) is 5.91 Å². The van der Waals surface area contributed by atoms with Crippen LogP contribution in [0, 0.1) is 0 Å². The van der Waals surface area contributed by atoms with Gasteiger partial charge in [-0.3, -0.25) is 9.59 Å². The Labute approximate surface area is 197 Å². The van der Waals surface area contributed by atoms with Gasteiger partial charge in [-0.25, -0.2) is 0 Å². The Morgan fingerprint density at radius 2 is 1.67 bits per heavy atom. The number of ether oxygens (including phenoxy) is 1. The Morgan fingerprint density at radius 3 is 2.39 bits per heavy atom. The van der Waals surface area contributed by atoms with Crippen molar-refractivity contribution in [3.63, 3.8) is 0 Å². The number of hydrogen-bond donors (Lipinski definition) is 2. The summed E-state index contributed by atoms with van der Waals surface area (Å²) >= 11 is 0. The maximum Gasteiger partial charge on any atom is 0.253 e. The molecule has 0 bridgehead atoms. The first-order valence-corrected chi connectivity index (χ1v) is 12.3. The molecule has 1 fully saturated rings. The highest BCUT2D eigenvalue weighted by Gasteiger charge is 2.17. The van der Waals surface area contributed by atoms with Crippen molar-refractivity contribution < 1.29 is 14.3 Å². The summed E-state index contributed by atoms with van der Waals surface area (Å²) < 4.78 is 5.76. The molecule has 0 unspecified atom stereocenters. The van der Waals surface area contributed by atoms with E-state index in [4.69, 9.17) is 4.74 Å². The number of anilines is 2. The van der Waals surface area contributed by atoms with Crippen LogP contribution in [0.1, 0.15) is 68.6 Å². The Morgan fingerprint density at radius 1 is 0.909 bits per heavy atom. The van der Waals surface area contributed by atoms with E-state index >= 15 is 0 Å². The molecule has 2 aromatic carbocycles. The van der Waals surface area contributed by atoms with Gasteiger partial charge in [-0.2, -0.15) is 0 Å². The highest BCUT2D eigenvalue weighted by Crippen LogP contribution is 2.18. The molecule has 6 heteroatoms. The van der Waals surface area contributed by atoms with Crippen molar-refractivity contribution in [2.75, 3.05) is 36.9 Å². The van der Waals surface area contributed by atoms with Gasteiger partial charge < -0.3 is 20.3 Å². The first kappa shape index (κ1) is 24.6. The fraction of sp³-hybridized carbons (Fsp3) is 0.481. The van der Waals surface area contributed by atoms with Crippen LogP contribution in [0.15, 0.2) is 48.5 Å². The second kappa shape index (κ2) is 13.5. The maximum absolute atomic E-state index is 12.8. The SMILES string of the molecule is CCCCCCOc1ccc(NCC(=O)Nc2cccc(C(=O)N3CCCCCC3)c2)cc1. The first-order chi connectivity index (χ1) is 16.2. The average molecular weight is 452 g/mol. The Balaban J connectivity index is 1.44. The molecule has 1 saturated heterocycles. The molecule has 2 N–H and O–H groups in total. The Hall–Kier alpha value is -3.02. The normalized spacial score (nSPS) is 13.8. The minimum Gasteiger partial charge on any atom is -0.494 e. The van der Waals surface area contributed by atoms with Crippen molar-refractivity contribution in [2.24, 2.45) is 0 Å². The van der Waals surface area contributed by atoms with Crippen LogP contribution < -0.4 is 15.4 Å². The van der Waals surface area contributed by atoms with Crippen molar-refractivity contribution in [3.8, 4) is 5.75 Å². The molecule has 0 atom stereocenters. The molecule has 178 valence electrons. The van der Waals surface area contributed by atoms with Gasteiger partial charge in [-0.15, -0.1) is 0 Å². The smallest absolute Gasteiger partial charge is 0.253 e. The number of hydrogen-bond acceptors (Lipinski definition) is 4. The lowest BCUT2D eigenvalue weighted by Crippen LogP contribution is -2.31. The summed E-state index contributed by atoms with van der Waals surface area (Å²) in [6, 6.07) is 14.9. The number of rotatable bonds is 11. The van der Waals surface area contributed by atoms with Gasteiger partial charge in [0.15, 0.2) is 0 Å². The summed E-state index contributed by atoms with van der Waals surface area (Å²) in [7, 11) is 0. The van der Waals surface area contributed by atoms with E-state index in [1.54, 1.807) is 6.07 Å². The molecule has 0 spiro atoms. The molecular formula is C27H37N3O3. The van der Waals surface area contributed by atoms with Crippen LogP contribution >= 0.6 is 0 Å². The second-order valence-corrected chi connectivity index (χ2v) is 8.62. The molecule has 1 aliphatic heterocycles. The summed E-state index contributed by atoms with van der Waals surface area (Å²) in [4.78, 5) is 27.2. The minimum atomic E-state index is -0.161. The van der Waals surface area contributed by atoms with Crippen LogP contribution in [-0.2, 0) is 4.79 Å². The predicted octanol–water partition coefficient (Wildman–Crippen LogP) is 5.71. The Bertz CT molecular complexity index is 874. The number of carbonyl (C=O) groups is 2. The topological polar surface area (TPSA) is 70.7 Å². The number of nitrogens with one attached hydrogen (secondary N) is 2. The number of nitrogens with zero attached hydrogens (tertiary/aromatic N) is 1. The first-order valence-electron chi connectivity index (χ1n) is 12.3. The molecule has 3 rings (SSSR count). The lowest BCUT2D eigenvalue weighted by atomic mass is 10.1. The predicted molar refractivity (Wildman–Crippen MR) is 134 cm³/mol. The van der Waals surface area contributed by atoms with Gasteiger partial charge in [-0.05, 0) is 61.7 Å².